The molecule has 2 heterocycles. The lowest BCUT2D eigenvalue weighted by atomic mass is 9.97. The van der Waals surface area contributed by atoms with Gasteiger partial charge >= 0.3 is 6.01 Å². The zero-order valence-electron chi connectivity index (χ0n) is 16.0. The Morgan fingerprint density at radius 1 is 1.24 bits per heavy atom. The van der Waals surface area contributed by atoms with Crippen molar-refractivity contribution in [2.45, 2.75) is 12.8 Å². The molecule has 3 aromatic rings. The minimum absolute atomic E-state index is 0.0577. The lowest BCUT2D eigenvalue weighted by Crippen LogP contribution is -2.41. The van der Waals surface area contributed by atoms with Crippen LogP contribution in [-0.2, 0) is 4.79 Å². The number of amides is 1. The number of piperidine rings is 1. The maximum Gasteiger partial charge on any atom is 0.324 e. The van der Waals surface area contributed by atoms with Crippen LogP contribution in [0.5, 0.6) is 5.75 Å². The van der Waals surface area contributed by atoms with Gasteiger partial charge in [0.25, 0.3) is 0 Å². The highest BCUT2D eigenvalue weighted by Crippen LogP contribution is 2.27. The minimum Gasteiger partial charge on any atom is -0.497 e. The number of rotatable bonds is 5. The first kappa shape index (κ1) is 19.3. The molecule has 0 aliphatic carbocycles. The summed E-state index contributed by atoms with van der Waals surface area (Å²) in [7, 11) is 1.62. The monoisotopic (exact) mass is 412 g/mol. The second-order valence-corrected chi connectivity index (χ2v) is 7.29. The van der Waals surface area contributed by atoms with Crippen LogP contribution in [0.3, 0.4) is 0 Å². The van der Waals surface area contributed by atoms with Gasteiger partial charge in [-0.3, -0.25) is 4.79 Å². The summed E-state index contributed by atoms with van der Waals surface area (Å²) >= 11 is 6.15. The molecule has 2 aromatic carbocycles. The predicted octanol–water partition coefficient (Wildman–Crippen LogP) is 4.25. The summed E-state index contributed by atoms with van der Waals surface area (Å²) in [5, 5.41) is 7.52. The van der Waals surface area contributed by atoms with Gasteiger partial charge in [0.05, 0.1) is 23.7 Å². The van der Waals surface area contributed by atoms with Crippen LogP contribution in [0.15, 0.2) is 53.1 Å². The van der Waals surface area contributed by atoms with Crippen molar-refractivity contribution in [2.24, 2.45) is 5.92 Å². The number of methoxy groups -OCH3 is 1. The van der Waals surface area contributed by atoms with Crippen LogP contribution >= 0.6 is 11.6 Å². The Bertz CT molecular complexity index is 990. The molecule has 1 atom stereocenters. The van der Waals surface area contributed by atoms with Gasteiger partial charge in [-0.15, -0.1) is 0 Å². The lowest BCUT2D eigenvalue weighted by molar-refractivity contribution is -0.120. The van der Waals surface area contributed by atoms with Crippen LogP contribution in [0.4, 0.5) is 11.7 Å². The van der Waals surface area contributed by atoms with Crippen LogP contribution in [0.25, 0.3) is 11.4 Å². The van der Waals surface area contributed by atoms with Gasteiger partial charge < -0.3 is 19.5 Å². The maximum atomic E-state index is 12.7. The molecule has 4 rings (SSSR count). The largest absolute Gasteiger partial charge is 0.497 e. The third-order valence-electron chi connectivity index (χ3n) is 4.96. The second-order valence-electron chi connectivity index (χ2n) is 6.88. The number of halogens is 1. The van der Waals surface area contributed by atoms with E-state index < -0.39 is 0 Å². The molecular weight excluding hydrogens is 392 g/mol. The molecule has 0 radical (unpaired) electrons. The molecule has 7 nitrogen and oxygen atoms in total. The lowest BCUT2D eigenvalue weighted by Gasteiger charge is -2.30. The Balaban J connectivity index is 1.44. The molecule has 150 valence electrons. The highest BCUT2D eigenvalue weighted by molar-refractivity contribution is 6.33. The van der Waals surface area contributed by atoms with Crippen LogP contribution in [-0.4, -0.2) is 36.2 Å². The fourth-order valence-corrected chi connectivity index (χ4v) is 3.55. The Labute approximate surface area is 173 Å². The van der Waals surface area contributed by atoms with E-state index in [0.29, 0.717) is 29.1 Å². The molecule has 1 aromatic heterocycles. The summed E-state index contributed by atoms with van der Waals surface area (Å²) in [6.07, 6.45) is 1.66. The molecule has 0 spiro atoms. The van der Waals surface area contributed by atoms with E-state index in [1.54, 1.807) is 19.2 Å². The average Bonchev–Trinajstić information content (AvgIpc) is 3.26. The summed E-state index contributed by atoms with van der Waals surface area (Å²) in [5.74, 6) is 1.03. The number of ether oxygens (including phenoxy) is 1. The van der Waals surface area contributed by atoms with E-state index in [2.05, 4.69) is 15.5 Å². The van der Waals surface area contributed by atoms with E-state index >= 15 is 0 Å². The van der Waals surface area contributed by atoms with Crippen molar-refractivity contribution in [3.8, 4) is 17.1 Å². The molecular formula is C21H21ClN4O3. The Morgan fingerprint density at radius 2 is 2.03 bits per heavy atom. The van der Waals surface area contributed by atoms with Crippen molar-refractivity contribution in [3.63, 3.8) is 0 Å². The fraction of sp³-hybridized carbons (Fsp3) is 0.286. The SMILES string of the molecule is COc1ccc(-c2noc(N3CCC[C@@H](C(=O)Nc4ccccc4Cl)C3)n2)cc1. The normalized spacial score (nSPS) is 16.5. The number of para-hydroxylation sites is 1. The van der Waals surface area contributed by atoms with E-state index in [4.69, 9.17) is 20.9 Å². The van der Waals surface area contributed by atoms with Gasteiger partial charge in [0, 0.05) is 18.7 Å². The number of carbonyl (C=O) groups is 1. The maximum absolute atomic E-state index is 12.7. The number of carbonyl (C=O) groups excluding carboxylic acids is 1. The Hall–Kier alpha value is -3.06. The molecule has 1 amide bonds. The second kappa shape index (κ2) is 8.53. The number of nitrogens with zero attached hydrogens (tertiary/aromatic N) is 3. The number of aromatic nitrogens is 2. The van der Waals surface area contributed by atoms with Gasteiger partial charge in [-0.05, 0) is 49.2 Å². The molecule has 29 heavy (non-hydrogen) atoms. The van der Waals surface area contributed by atoms with Crippen molar-refractivity contribution in [3.05, 3.63) is 53.6 Å². The Kier molecular flexibility index (Phi) is 5.67. The third-order valence-corrected chi connectivity index (χ3v) is 5.29. The number of nitrogens with one attached hydrogen (secondary N) is 1. The molecule has 1 aliphatic heterocycles. The van der Waals surface area contributed by atoms with E-state index in [1.165, 1.54) is 0 Å². The number of benzene rings is 2. The highest BCUT2D eigenvalue weighted by Gasteiger charge is 2.29. The van der Waals surface area contributed by atoms with E-state index in [0.717, 1.165) is 30.7 Å². The van der Waals surface area contributed by atoms with E-state index in [9.17, 15) is 4.79 Å². The van der Waals surface area contributed by atoms with Gasteiger partial charge in [0.15, 0.2) is 0 Å². The van der Waals surface area contributed by atoms with Crippen molar-refractivity contribution in [2.75, 3.05) is 30.4 Å². The van der Waals surface area contributed by atoms with Crippen LogP contribution in [0, 0.1) is 5.92 Å². The number of hydrogen-bond acceptors (Lipinski definition) is 6. The zero-order valence-corrected chi connectivity index (χ0v) is 16.7. The van der Waals surface area contributed by atoms with Crippen LogP contribution in [0.2, 0.25) is 5.02 Å². The van der Waals surface area contributed by atoms with Crippen LogP contribution < -0.4 is 15.0 Å². The van der Waals surface area contributed by atoms with Crippen molar-refractivity contribution < 1.29 is 14.1 Å². The first-order valence-electron chi connectivity index (χ1n) is 9.42. The first-order chi connectivity index (χ1) is 14.1. The van der Waals surface area contributed by atoms with Crippen LogP contribution in [0.1, 0.15) is 12.8 Å². The summed E-state index contributed by atoms with van der Waals surface area (Å²) in [6.45, 7) is 1.28. The van der Waals surface area contributed by atoms with E-state index in [-0.39, 0.29) is 11.8 Å². The molecule has 1 fully saturated rings. The highest BCUT2D eigenvalue weighted by atomic mass is 35.5. The summed E-state index contributed by atoms with van der Waals surface area (Å²) < 4.78 is 10.6. The average molecular weight is 413 g/mol. The Morgan fingerprint density at radius 3 is 2.79 bits per heavy atom. The van der Waals surface area contributed by atoms with Crippen molar-refractivity contribution in [1.29, 1.82) is 0 Å². The molecule has 0 bridgehead atoms. The predicted molar refractivity (Wildman–Crippen MR) is 111 cm³/mol. The van der Waals surface area contributed by atoms with Gasteiger partial charge in [-0.25, -0.2) is 0 Å². The van der Waals surface area contributed by atoms with Gasteiger partial charge in [-0.2, -0.15) is 4.98 Å². The fourth-order valence-electron chi connectivity index (χ4n) is 3.36. The molecule has 1 N–H and O–H groups in total. The van der Waals surface area contributed by atoms with E-state index in [1.807, 2.05) is 41.3 Å². The summed E-state index contributed by atoms with van der Waals surface area (Å²) in [6, 6.07) is 15.1. The summed E-state index contributed by atoms with van der Waals surface area (Å²) in [4.78, 5) is 19.2. The van der Waals surface area contributed by atoms with Gasteiger partial charge in [0.2, 0.25) is 11.7 Å². The summed E-state index contributed by atoms with van der Waals surface area (Å²) in [5.41, 5.74) is 1.46. The third kappa shape index (κ3) is 4.35. The van der Waals surface area contributed by atoms with Crippen molar-refractivity contribution >= 4 is 29.2 Å². The molecule has 1 aliphatic rings. The smallest absolute Gasteiger partial charge is 0.324 e. The number of hydrogen-bond donors (Lipinski definition) is 1. The minimum atomic E-state index is -0.184. The molecule has 1 saturated heterocycles. The first-order valence-corrected chi connectivity index (χ1v) is 9.80. The topological polar surface area (TPSA) is 80.5 Å². The van der Waals surface area contributed by atoms with Crippen molar-refractivity contribution in [1.82, 2.24) is 10.1 Å². The quantitative estimate of drug-likeness (QED) is 0.674. The standard InChI is InChI=1S/C21H21ClN4O3/c1-28-16-10-8-14(9-11-16)19-24-21(29-25-19)26-12-4-5-15(13-26)20(27)23-18-7-3-2-6-17(18)22/h2-3,6-11,15H,4-5,12-13H2,1H3,(H,23,27)/t15-/m1/s1. The van der Waals surface area contributed by atoms with Gasteiger partial charge in [-0.1, -0.05) is 28.9 Å². The molecule has 0 unspecified atom stereocenters. The number of anilines is 2. The molecule has 0 saturated carbocycles. The molecule has 8 heteroatoms. The van der Waals surface area contributed by atoms with Gasteiger partial charge in [0.1, 0.15) is 5.75 Å². The zero-order chi connectivity index (χ0) is 20.2.